The molecule has 1 saturated carbocycles. The van der Waals surface area contributed by atoms with Gasteiger partial charge in [-0.3, -0.25) is 4.79 Å². The molecule has 20 heavy (non-hydrogen) atoms. The normalized spacial score (nSPS) is 26.7. The number of likely N-dealkylation sites (N-methyl/N-ethyl adjacent to an activating group) is 1. The van der Waals surface area contributed by atoms with Gasteiger partial charge in [0.25, 0.3) is 0 Å². The average Bonchev–Trinajstić information content (AvgIpc) is 3.28. The molecule has 2 fully saturated rings. The lowest BCUT2D eigenvalue weighted by Crippen LogP contribution is -2.50. The quantitative estimate of drug-likeness (QED) is 0.844. The number of benzene rings is 1. The first-order chi connectivity index (χ1) is 9.65. The Hall–Kier alpha value is -1.51. The van der Waals surface area contributed by atoms with Crippen molar-refractivity contribution in [1.82, 2.24) is 4.90 Å². The molecular weight excluding hydrogens is 250 g/mol. The van der Waals surface area contributed by atoms with Gasteiger partial charge in [0, 0.05) is 13.6 Å². The number of rotatable bonds is 4. The lowest BCUT2D eigenvalue weighted by atomic mass is 9.70. The Kier molecular flexibility index (Phi) is 3.45. The van der Waals surface area contributed by atoms with E-state index in [-0.39, 0.29) is 5.41 Å². The van der Waals surface area contributed by atoms with Crippen LogP contribution in [0.2, 0.25) is 0 Å². The maximum atomic E-state index is 12.9. The van der Waals surface area contributed by atoms with Crippen LogP contribution >= 0.6 is 0 Å². The predicted molar refractivity (Wildman–Crippen MR) is 78.9 cm³/mol. The molecule has 1 unspecified atom stereocenters. The van der Waals surface area contributed by atoms with Gasteiger partial charge < -0.3 is 9.64 Å². The molecule has 1 aliphatic carbocycles. The summed E-state index contributed by atoms with van der Waals surface area (Å²) in [6, 6.07) is 8.11. The van der Waals surface area contributed by atoms with E-state index in [2.05, 4.69) is 12.1 Å². The first-order valence-electron chi connectivity index (χ1n) is 7.56. The van der Waals surface area contributed by atoms with Crippen LogP contribution in [0.15, 0.2) is 24.3 Å². The van der Waals surface area contributed by atoms with Crippen LogP contribution in [-0.2, 0) is 10.2 Å². The Labute approximate surface area is 120 Å². The highest BCUT2D eigenvalue weighted by Gasteiger charge is 2.47. The summed E-state index contributed by atoms with van der Waals surface area (Å²) in [6.07, 6.45) is 5.63. The third-order valence-corrected chi connectivity index (χ3v) is 4.81. The fourth-order valence-electron chi connectivity index (χ4n) is 3.50. The number of carbonyl (C=O) groups excluding carboxylic acids is 1. The molecule has 1 heterocycles. The number of likely N-dealkylation sites (tertiary alicyclic amines) is 1. The van der Waals surface area contributed by atoms with E-state index in [1.165, 1.54) is 12.8 Å². The first kappa shape index (κ1) is 13.5. The minimum Gasteiger partial charge on any atom is -0.497 e. The van der Waals surface area contributed by atoms with E-state index < -0.39 is 0 Å². The molecule has 1 saturated heterocycles. The van der Waals surface area contributed by atoms with Gasteiger partial charge in [0.1, 0.15) is 5.75 Å². The van der Waals surface area contributed by atoms with Crippen LogP contribution in [0.5, 0.6) is 5.75 Å². The Bertz CT molecular complexity index is 509. The number of nitrogens with zero attached hydrogens (tertiary/aromatic N) is 1. The van der Waals surface area contributed by atoms with Gasteiger partial charge in [-0.2, -0.15) is 0 Å². The minimum atomic E-state index is -0.317. The van der Waals surface area contributed by atoms with Crippen molar-refractivity contribution in [2.45, 2.75) is 37.5 Å². The van der Waals surface area contributed by atoms with Crippen molar-refractivity contribution < 1.29 is 9.53 Å². The molecule has 1 aromatic carbocycles. The summed E-state index contributed by atoms with van der Waals surface area (Å²) in [6.45, 7) is 0.884. The van der Waals surface area contributed by atoms with Crippen molar-refractivity contribution in [3.05, 3.63) is 29.8 Å². The molecular formula is C17H23NO2. The Morgan fingerprint density at radius 2 is 2.20 bits per heavy atom. The highest BCUT2D eigenvalue weighted by Crippen LogP contribution is 2.47. The lowest BCUT2D eigenvalue weighted by Gasteiger charge is -2.41. The van der Waals surface area contributed by atoms with E-state index in [1.54, 1.807) is 7.11 Å². The molecule has 108 valence electrons. The smallest absolute Gasteiger partial charge is 0.232 e. The predicted octanol–water partition coefficient (Wildman–Crippen LogP) is 2.99. The minimum absolute atomic E-state index is 0.295. The maximum Gasteiger partial charge on any atom is 0.232 e. The molecule has 0 spiro atoms. The number of methoxy groups -OCH3 is 1. The fraction of sp³-hybridized carbons (Fsp3) is 0.588. The van der Waals surface area contributed by atoms with E-state index in [1.807, 2.05) is 24.1 Å². The Morgan fingerprint density at radius 1 is 1.40 bits per heavy atom. The molecule has 1 aromatic rings. The summed E-state index contributed by atoms with van der Waals surface area (Å²) >= 11 is 0. The maximum absolute atomic E-state index is 12.9. The van der Waals surface area contributed by atoms with Crippen molar-refractivity contribution in [2.75, 3.05) is 20.7 Å². The fourth-order valence-corrected chi connectivity index (χ4v) is 3.50. The van der Waals surface area contributed by atoms with Crippen molar-refractivity contribution in [2.24, 2.45) is 5.92 Å². The summed E-state index contributed by atoms with van der Waals surface area (Å²) in [5.74, 6) is 1.87. The number of carbonyl (C=O) groups is 1. The van der Waals surface area contributed by atoms with Gasteiger partial charge in [-0.15, -0.1) is 0 Å². The number of ether oxygens (including phenoxy) is 1. The van der Waals surface area contributed by atoms with E-state index in [0.717, 1.165) is 43.0 Å². The second-order valence-corrected chi connectivity index (χ2v) is 6.29. The van der Waals surface area contributed by atoms with Crippen LogP contribution in [0.4, 0.5) is 0 Å². The largest absolute Gasteiger partial charge is 0.497 e. The highest BCUT2D eigenvalue weighted by atomic mass is 16.5. The molecule has 0 bridgehead atoms. The standard InChI is InChI=1S/C17H23NO2/c1-18-10-4-9-17(16(18)19,12-13-7-8-13)14-5-3-6-15(11-14)20-2/h3,5-6,11,13H,4,7-10,12H2,1-2H3. The van der Waals surface area contributed by atoms with Crippen molar-refractivity contribution in [3.8, 4) is 5.75 Å². The molecule has 3 nitrogen and oxygen atoms in total. The zero-order valence-corrected chi connectivity index (χ0v) is 12.4. The van der Waals surface area contributed by atoms with E-state index >= 15 is 0 Å². The second-order valence-electron chi connectivity index (χ2n) is 6.29. The molecule has 3 heteroatoms. The first-order valence-corrected chi connectivity index (χ1v) is 7.56. The number of hydrogen-bond donors (Lipinski definition) is 0. The van der Waals surface area contributed by atoms with Crippen molar-refractivity contribution in [3.63, 3.8) is 0 Å². The van der Waals surface area contributed by atoms with Crippen molar-refractivity contribution >= 4 is 5.91 Å². The molecule has 3 rings (SSSR count). The molecule has 1 aliphatic heterocycles. The molecule has 2 aliphatic rings. The summed E-state index contributed by atoms with van der Waals surface area (Å²) in [5.41, 5.74) is 0.822. The average molecular weight is 273 g/mol. The van der Waals surface area contributed by atoms with Gasteiger partial charge in [-0.1, -0.05) is 25.0 Å². The van der Waals surface area contributed by atoms with Crippen LogP contribution in [0.1, 0.15) is 37.7 Å². The van der Waals surface area contributed by atoms with Crippen LogP contribution in [-0.4, -0.2) is 31.5 Å². The molecule has 0 aromatic heterocycles. The van der Waals surface area contributed by atoms with Gasteiger partial charge in [0.2, 0.25) is 5.91 Å². The van der Waals surface area contributed by atoms with Gasteiger partial charge in [-0.05, 0) is 42.9 Å². The number of hydrogen-bond acceptors (Lipinski definition) is 2. The summed E-state index contributed by atoms with van der Waals surface area (Å²) < 4.78 is 5.35. The number of amides is 1. The zero-order chi connectivity index (χ0) is 14.2. The van der Waals surface area contributed by atoms with E-state index in [0.29, 0.717) is 5.91 Å². The van der Waals surface area contributed by atoms with E-state index in [4.69, 9.17) is 4.74 Å². The van der Waals surface area contributed by atoms with Gasteiger partial charge in [0.15, 0.2) is 0 Å². The Morgan fingerprint density at radius 3 is 2.90 bits per heavy atom. The van der Waals surface area contributed by atoms with Gasteiger partial charge in [0.05, 0.1) is 12.5 Å². The molecule has 0 radical (unpaired) electrons. The van der Waals surface area contributed by atoms with Crippen LogP contribution in [0, 0.1) is 5.92 Å². The summed E-state index contributed by atoms with van der Waals surface area (Å²) in [4.78, 5) is 14.8. The highest BCUT2D eigenvalue weighted by molar-refractivity contribution is 5.89. The van der Waals surface area contributed by atoms with Gasteiger partial charge in [-0.25, -0.2) is 0 Å². The number of piperidine rings is 1. The molecule has 1 atom stereocenters. The molecule has 0 N–H and O–H groups in total. The van der Waals surface area contributed by atoms with Crippen LogP contribution < -0.4 is 4.74 Å². The second kappa shape index (κ2) is 5.12. The lowest BCUT2D eigenvalue weighted by molar-refractivity contribution is -0.139. The SMILES string of the molecule is COc1cccc(C2(CC3CC3)CCCN(C)C2=O)c1. The molecule has 1 amide bonds. The Balaban J connectivity index is 2.01. The summed E-state index contributed by atoms with van der Waals surface area (Å²) in [7, 11) is 3.62. The van der Waals surface area contributed by atoms with Crippen LogP contribution in [0.3, 0.4) is 0 Å². The van der Waals surface area contributed by atoms with Crippen molar-refractivity contribution in [1.29, 1.82) is 0 Å². The van der Waals surface area contributed by atoms with Gasteiger partial charge >= 0.3 is 0 Å². The third-order valence-electron chi connectivity index (χ3n) is 4.81. The summed E-state index contributed by atoms with van der Waals surface area (Å²) in [5, 5.41) is 0. The third kappa shape index (κ3) is 2.30. The topological polar surface area (TPSA) is 29.5 Å². The van der Waals surface area contributed by atoms with E-state index in [9.17, 15) is 4.79 Å². The monoisotopic (exact) mass is 273 g/mol. The zero-order valence-electron chi connectivity index (χ0n) is 12.4. The van der Waals surface area contributed by atoms with Crippen LogP contribution in [0.25, 0.3) is 0 Å².